The standard InChI is InChI=1S/C10H19NO2/c1-9(8-13-2)11-6-4-3-5-10(11)7-12/h7,9-10H,3-6,8H2,1-2H3. The zero-order chi connectivity index (χ0) is 9.68. The lowest BCUT2D eigenvalue weighted by Crippen LogP contribution is -2.47. The van der Waals surface area contributed by atoms with E-state index in [1.165, 1.54) is 12.8 Å². The van der Waals surface area contributed by atoms with Crippen LogP contribution in [-0.2, 0) is 9.53 Å². The van der Waals surface area contributed by atoms with E-state index < -0.39 is 0 Å². The Morgan fingerprint density at radius 1 is 1.62 bits per heavy atom. The van der Waals surface area contributed by atoms with Gasteiger partial charge in [0.05, 0.1) is 12.6 Å². The Labute approximate surface area is 80.1 Å². The molecular weight excluding hydrogens is 166 g/mol. The van der Waals surface area contributed by atoms with Crippen LogP contribution in [0.25, 0.3) is 0 Å². The first-order valence-corrected chi connectivity index (χ1v) is 4.99. The summed E-state index contributed by atoms with van der Waals surface area (Å²) >= 11 is 0. The molecule has 2 unspecified atom stereocenters. The molecule has 1 aliphatic rings. The molecule has 3 heteroatoms. The number of methoxy groups -OCH3 is 1. The Hall–Kier alpha value is -0.410. The van der Waals surface area contributed by atoms with Gasteiger partial charge in [-0.2, -0.15) is 0 Å². The van der Waals surface area contributed by atoms with Crippen molar-refractivity contribution in [3.63, 3.8) is 0 Å². The molecule has 0 radical (unpaired) electrons. The molecule has 0 aliphatic carbocycles. The van der Waals surface area contributed by atoms with E-state index >= 15 is 0 Å². The number of nitrogens with zero attached hydrogens (tertiary/aromatic N) is 1. The van der Waals surface area contributed by atoms with Gasteiger partial charge in [-0.1, -0.05) is 6.42 Å². The van der Waals surface area contributed by atoms with E-state index in [-0.39, 0.29) is 6.04 Å². The van der Waals surface area contributed by atoms with Crippen molar-refractivity contribution in [2.75, 3.05) is 20.3 Å². The van der Waals surface area contributed by atoms with Gasteiger partial charge in [-0.25, -0.2) is 0 Å². The number of aldehydes is 1. The number of carbonyl (C=O) groups excluding carboxylic acids is 1. The van der Waals surface area contributed by atoms with Crippen molar-refractivity contribution >= 4 is 6.29 Å². The van der Waals surface area contributed by atoms with Crippen LogP contribution in [0.2, 0.25) is 0 Å². The second kappa shape index (κ2) is 5.35. The molecule has 1 rings (SSSR count). The van der Waals surface area contributed by atoms with Gasteiger partial charge in [-0.15, -0.1) is 0 Å². The molecule has 0 aromatic heterocycles. The van der Waals surface area contributed by atoms with Gasteiger partial charge in [0.15, 0.2) is 0 Å². The predicted molar refractivity (Wildman–Crippen MR) is 51.7 cm³/mol. The van der Waals surface area contributed by atoms with Gasteiger partial charge >= 0.3 is 0 Å². The van der Waals surface area contributed by atoms with E-state index in [0.29, 0.717) is 12.6 Å². The van der Waals surface area contributed by atoms with Crippen molar-refractivity contribution < 1.29 is 9.53 Å². The topological polar surface area (TPSA) is 29.5 Å². The van der Waals surface area contributed by atoms with Gasteiger partial charge in [0.2, 0.25) is 0 Å². The van der Waals surface area contributed by atoms with Gasteiger partial charge in [0.25, 0.3) is 0 Å². The minimum absolute atomic E-state index is 0.124. The number of piperidine rings is 1. The van der Waals surface area contributed by atoms with Crippen LogP contribution in [0.15, 0.2) is 0 Å². The molecule has 1 heterocycles. The molecule has 76 valence electrons. The maximum atomic E-state index is 10.8. The quantitative estimate of drug-likeness (QED) is 0.614. The summed E-state index contributed by atoms with van der Waals surface area (Å²) in [6.07, 6.45) is 4.47. The highest BCUT2D eigenvalue weighted by Crippen LogP contribution is 2.18. The third-order valence-electron chi connectivity index (χ3n) is 2.72. The third-order valence-corrected chi connectivity index (χ3v) is 2.72. The molecular formula is C10H19NO2. The van der Waals surface area contributed by atoms with E-state index in [2.05, 4.69) is 11.8 Å². The number of ether oxygens (including phenoxy) is 1. The summed E-state index contributed by atoms with van der Waals surface area (Å²) in [6, 6.07) is 0.486. The SMILES string of the molecule is COCC(C)N1CCCCC1C=O. The Morgan fingerprint density at radius 3 is 3.00 bits per heavy atom. The highest BCUT2D eigenvalue weighted by Gasteiger charge is 2.25. The van der Waals surface area contributed by atoms with Crippen molar-refractivity contribution in [1.29, 1.82) is 0 Å². The summed E-state index contributed by atoms with van der Waals surface area (Å²) in [7, 11) is 1.70. The van der Waals surface area contributed by atoms with Gasteiger partial charge in [-0.05, 0) is 26.3 Å². The van der Waals surface area contributed by atoms with Crippen LogP contribution in [0.3, 0.4) is 0 Å². The molecule has 0 spiro atoms. The maximum absolute atomic E-state index is 10.8. The summed E-state index contributed by atoms with van der Waals surface area (Å²) in [6.45, 7) is 3.86. The third kappa shape index (κ3) is 2.78. The van der Waals surface area contributed by atoms with Gasteiger partial charge < -0.3 is 9.53 Å². The van der Waals surface area contributed by atoms with Crippen LogP contribution in [0.5, 0.6) is 0 Å². The first-order valence-electron chi connectivity index (χ1n) is 4.99. The Morgan fingerprint density at radius 2 is 2.38 bits per heavy atom. The largest absolute Gasteiger partial charge is 0.383 e. The summed E-state index contributed by atoms with van der Waals surface area (Å²) in [5, 5.41) is 0. The van der Waals surface area contributed by atoms with Gasteiger partial charge in [0, 0.05) is 13.2 Å². The number of rotatable bonds is 4. The summed E-state index contributed by atoms with van der Waals surface area (Å²) in [5.41, 5.74) is 0. The Bertz CT molecular complexity index is 161. The van der Waals surface area contributed by atoms with Crippen LogP contribution in [0.1, 0.15) is 26.2 Å². The predicted octanol–water partition coefficient (Wildman–Crippen LogP) is 1.07. The highest BCUT2D eigenvalue weighted by molar-refractivity contribution is 5.57. The van der Waals surface area contributed by atoms with Crippen molar-refractivity contribution in [3.05, 3.63) is 0 Å². The number of hydrogen-bond acceptors (Lipinski definition) is 3. The van der Waals surface area contributed by atoms with E-state index in [1.807, 2.05) is 0 Å². The summed E-state index contributed by atoms with van der Waals surface area (Å²) in [4.78, 5) is 13.0. The van der Waals surface area contributed by atoms with E-state index in [4.69, 9.17) is 4.74 Å². The van der Waals surface area contributed by atoms with Crippen LogP contribution >= 0.6 is 0 Å². The average Bonchev–Trinajstić information content (AvgIpc) is 2.18. The molecule has 1 aliphatic heterocycles. The zero-order valence-corrected chi connectivity index (χ0v) is 8.53. The van der Waals surface area contributed by atoms with Crippen molar-refractivity contribution in [2.45, 2.75) is 38.3 Å². The van der Waals surface area contributed by atoms with Crippen molar-refractivity contribution in [3.8, 4) is 0 Å². The zero-order valence-electron chi connectivity index (χ0n) is 8.53. The molecule has 0 saturated carbocycles. The molecule has 0 aromatic carbocycles. The number of hydrogen-bond donors (Lipinski definition) is 0. The Balaban J connectivity index is 2.47. The van der Waals surface area contributed by atoms with E-state index in [0.717, 1.165) is 19.3 Å². The van der Waals surface area contributed by atoms with E-state index in [9.17, 15) is 4.79 Å². The highest BCUT2D eigenvalue weighted by atomic mass is 16.5. The molecule has 0 aromatic rings. The van der Waals surface area contributed by atoms with Crippen LogP contribution < -0.4 is 0 Å². The second-order valence-corrected chi connectivity index (χ2v) is 3.74. The minimum Gasteiger partial charge on any atom is -0.383 e. The molecule has 13 heavy (non-hydrogen) atoms. The molecule has 3 nitrogen and oxygen atoms in total. The van der Waals surface area contributed by atoms with Crippen LogP contribution in [0.4, 0.5) is 0 Å². The molecule has 0 N–H and O–H groups in total. The normalized spacial score (nSPS) is 27.1. The smallest absolute Gasteiger partial charge is 0.137 e. The fourth-order valence-electron chi connectivity index (χ4n) is 2.01. The number of likely N-dealkylation sites (tertiary alicyclic amines) is 1. The molecule has 1 fully saturated rings. The Kier molecular flexibility index (Phi) is 4.39. The van der Waals surface area contributed by atoms with Crippen LogP contribution in [0, 0.1) is 0 Å². The maximum Gasteiger partial charge on any atom is 0.137 e. The fourth-order valence-corrected chi connectivity index (χ4v) is 2.01. The molecule has 2 atom stereocenters. The van der Waals surface area contributed by atoms with Crippen molar-refractivity contribution in [1.82, 2.24) is 4.90 Å². The summed E-state index contributed by atoms with van der Waals surface area (Å²) in [5.74, 6) is 0. The minimum atomic E-state index is 0.124. The lowest BCUT2D eigenvalue weighted by Gasteiger charge is -2.36. The molecule has 0 bridgehead atoms. The second-order valence-electron chi connectivity index (χ2n) is 3.74. The first-order chi connectivity index (χ1) is 6.29. The molecule has 0 amide bonds. The number of carbonyl (C=O) groups is 1. The summed E-state index contributed by atoms with van der Waals surface area (Å²) < 4.78 is 5.09. The average molecular weight is 185 g/mol. The van der Waals surface area contributed by atoms with Crippen LogP contribution in [-0.4, -0.2) is 43.5 Å². The van der Waals surface area contributed by atoms with Crippen molar-refractivity contribution in [2.24, 2.45) is 0 Å². The first kappa shape index (κ1) is 10.7. The van der Waals surface area contributed by atoms with Gasteiger partial charge in [-0.3, -0.25) is 4.90 Å². The molecule has 1 saturated heterocycles. The fraction of sp³-hybridized carbons (Fsp3) is 0.900. The monoisotopic (exact) mass is 185 g/mol. The van der Waals surface area contributed by atoms with E-state index in [1.54, 1.807) is 7.11 Å². The lowest BCUT2D eigenvalue weighted by molar-refractivity contribution is -0.114. The van der Waals surface area contributed by atoms with Gasteiger partial charge in [0.1, 0.15) is 6.29 Å². The lowest BCUT2D eigenvalue weighted by atomic mass is 10.0.